The number of hydrogen-bond acceptors (Lipinski definition) is 12. The predicted octanol–water partition coefficient (Wildman–Crippen LogP) is 9.14. The Morgan fingerprint density at radius 2 is 0.716 bits per heavy atom. The molecule has 0 aliphatic carbocycles. The molecule has 0 bridgehead atoms. The fraction of sp³-hybridized carbons (Fsp3) is 0.804. The Kier molecular flexibility index (Phi) is 29.8. The average Bonchev–Trinajstić information content (AvgIpc) is 3.18. The molecular weight excluding hydrogens is 855 g/mol. The van der Waals surface area contributed by atoms with E-state index in [4.69, 9.17) is 23.7 Å². The summed E-state index contributed by atoms with van der Waals surface area (Å²) in [5, 5.41) is 11.5. The number of nitrogens with one attached hydrogen (secondary N) is 4. The van der Waals surface area contributed by atoms with Crippen LogP contribution in [0.2, 0.25) is 0 Å². The van der Waals surface area contributed by atoms with Crippen molar-refractivity contribution in [3.8, 4) is 5.75 Å². The Balaban J connectivity index is 3.03. The highest BCUT2D eigenvalue weighted by atomic mass is 16.6. The number of unbranched alkanes of at least 4 members (excludes halogenated alkanes) is 2. The molecule has 0 aliphatic heterocycles. The average molecular weight is 950 g/mol. The van der Waals surface area contributed by atoms with Gasteiger partial charge in [0.05, 0.1) is 0 Å². The summed E-state index contributed by atoms with van der Waals surface area (Å²) in [5.41, 5.74) is -0.920. The normalized spacial score (nSPS) is 12.2. The molecule has 0 fully saturated rings. The van der Waals surface area contributed by atoms with Gasteiger partial charge in [-0.2, -0.15) is 0 Å². The number of rotatable bonds is 32. The first-order valence-corrected chi connectivity index (χ1v) is 25.1. The van der Waals surface area contributed by atoms with Crippen LogP contribution in [0.1, 0.15) is 153 Å². The highest BCUT2D eigenvalue weighted by Crippen LogP contribution is 2.15. The van der Waals surface area contributed by atoms with Crippen molar-refractivity contribution in [1.82, 2.24) is 36.0 Å². The van der Waals surface area contributed by atoms with Crippen LogP contribution in [0.3, 0.4) is 0 Å². The Morgan fingerprint density at radius 1 is 0.418 bits per heavy atom. The van der Waals surface area contributed by atoms with Crippen LogP contribution in [0.4, 0.5) is 19.2 Å². The summed E-state index contributed by atoms with van der Waals surface area (Å²) in [5.74, 6) is 0.872. The van der Waals surface area contributed by atoms with E-state index in [0.717, 1.165) is 110 Å². The van der Waals surface area contributed by atoms with Crippen molar-refractivity contribution >= 4 is 24.4 Å². The maximum absolute atomic E-state index is 12.3. The molecule has 0 aromatic heterocycles. The first-order chi connectivity index (χ1) is 31.3. The van der Waals surface area contributed by atoms with Gasteiger partial charge in [0.1, 0.15) is 34.8 Å². The molecule has 0 atom stereocenters. The zero-order chi connectivity index (χ0) is 50.4. The summed E-state index contributed by atoms with van der Waals surface area (Å²) in [6, 6.07) is 8.49. The summed E-state index contributed by atoms with van der Waals surface area (Å²) >= 11 is 0. The van der Waals surface area contributed by atoms with Crippen molar-refractivity contribution < 1.29 is 42.9 Å². The van der Waals surface area contributed by atoms with E-state index in [1.165, 1.54) is 24.8 Å². The lowest BCUT2D eigenvalue weighted by Gasteiger charge is -2.28. The summed E-state index contributed by atoms with van der Waals surface area (Å²) in [4.78, 5) is 56.4. The van der Waals surface area contributed by atoms with Crippen LogP contribution in [0.5, 0.6) is 5.75 Å². The Morgan fingerprint density at radius 3 is 1.01 bits per heavy atom. The lowest BCUT2D eigenvalue weighted by atomic mass is 10.1. The van der Waals surface area contributed by atoms with E-state index in [9.17, 15) is 19.2 Å². The van der Waals surface area contributed by atoms with Crippen LogP contribution in [0, 0.1) is 0 Å². The summed E-state index contributed by atoms with van der Waals surface area (Å²) in [6.07, 6.45) is 7.88. The summed E-state index contributed by atoms with van der Waals surface area (Å²) < 4.78 is 28.0. The van der Waals surface area contributed by atoms with E-state index in [1.807, 2.05) is 83.1 Å². The fourth-order valence-electron chi connectivity index (χ4n) is 6.90. The van der Waals surface area contributed by atoms with Crippen LogP contribution in [-0.4, -0.2) is 153 Å². The van der Waals surface area contributed by atoms with Gasteiger partial charge in [-0.3, -0.25) is 4.90 Å². The van der Waals surface area contributed by atoms with Gasteiger partial charge >= 0.3 is 24.4 Å². The van der Waals surface area contributed by atoms with Crippen LogP contribution < -0.4 is 26.0 Å². The van der Waals surface area contributed by atoms with Gasteiger partial charge in [-0.05, 0) is 205 Å². The van der Waals surface area contributed by atoms with Gasteiger partial charge in [0, 0.05) is 32.7 Å². The first-order valence-electron chi connectivity index (χ1n) is 25.1. The number of carbonyl (C=O) groups is 4. The minimum atomic E-state index is -0.563. The van der Waals surface area contributed by atoms with Crippen molar-refractivity contribution in [3.63, 3.8) is 0 Å². The van der Waals surface area contributed by atoms with E-state index in [1.54, 1.807) is 0 Å². The second-order valence-electron chi connectivity index (χ2n) is 21.3. The number of ether oxygens (including phenoxy) is 5. The number of hydrogen-bond donors (Lipinski definition) is 4. The molecule has 4 amide bonds. The Labute approximate surface area is 406 Å². The lowest BCUT2D eigenvalue weighted by molar-refractivity contribution is 0.0511. The maximum atomic E-state index is 12.3. The molecule has 0 heterocycles. The number of alkyl carbamates (subject to hydrolysis) is 4. The number of benzene rings is 1. The van der Waals surface area contributed by atoms with Crippen LogP contribution >= 0.6 is 0 Å². The number of amides is 4. The molecule has 0 radical (unpaired) electrons. The van der Waals surface area contributed by atoms with E-state index in [-0.39, 0.29) is 0 Å². The number of carbonyl (C=O) groups excluding carboxylic acids is 4. The molecule has 0 unspecified atom stereocenters. The van der Waals surface area contributed by atoms with E-state index >= 15 is 0 Å². The molecular formula is C51H95N7O9. The summed E-state index contributed by atoms with van der Waals surface area (Å²) in [7, 11) is 0. The van der Waals surface area contributed by atoms with Crippen molar-refractivity contribution in [2.45, 2.75) is 177 Å². The van der Waals surface area contributed by atoms with Crippen LogP contribution in [0.15, 0.2) is 24.3 Å². The van der Waals surface area contributed by atoms with Gasteiger partial charge < -0.3 is 54.8 Å². The molecule has 16 heteroatoms. The number of nitrogens with zero attached hydrogens (tertiary/aromatic N) is 3. The standard InChI is InChI=1S/C51H95N7O9/c1-14-15-16-23-42-24-26-43(27-25-42)63-41-40-58(38-21-36-56(32-17-28-52-44(59)64-48(2,3)4)33-18-29-53-45(60)65-49(5,6)7)39-22-37-57(34-19-30-54-46(61)66-50(8,9)10)35-20-31-55-47(62)67-51(11,12)13/h24-27H,14-23,28-41H2,1-13H3,(H,52,59)(H,53,60)(H,54,61)(H,55,62). The minimum absolute atomic E-state index is 0.421. The minimum Gasteiger partial charge on any atom is -0.492 e. The van der Waals surface area contributed by atoms with Crippen molar-refractivity contribution in [2.24, 2.45) is 0 Å². The van der Waals surface area contributed by atoms with E-state index < -0.39 is 46.8 Å². The molecule has 1 aromatic carbocycles. The third-order valence-corrected chi connectivity index (χ3v) is 9.84. The molecule has 0 spiro atoms. The summed E-state index contributed by atoms with van der Waals surface area (Å²) in [6.45, 7) is 34.2. The smallest absolute Gasteiger partial charge is 0.407 e. The van der Waals surface area contributed by atoms with Gasteiger partial charge in [-0.25, -0.2) is 19.2 Å². The maximum Gasteiger partial charge on any atom is 0.407 e. The molecule has 0 aliphatic rings. The zero-order valence-corrected chi connectivity index (χ0v) is 44.3. The van der Waals surface area contributed by atoms with Crippen molar-refractivity contribution in [1.29, 1.82) is 0 Å². The first kappa shape index (κ1) is 61.0. The van der Waals surface area contributed by atoms with Crippen LogP contribution in [-0.2, 0) is 25.4 Å². The molecule has 388 valence electrons. The van der Waals surface area contributed by atoms with Gasteiger partial charge in [0.25, 0.3) is 0 Å². The van der Waals surface area contributed by atoms with Gasteiger partial charge in [0.2, 0.25) is 0 Å². The Hall–Kier alpha value is -4.02. The molecule has 0 saturated carbocycles. The molecule has 67 heavy (non-hydrogen) atoms. The van der Waals surface area contributed by atoms with Crippen molar-refractivity contribution in [3.05, 3.63) is 29.8 Å². The van der Waals surface area contributed by atoms with E-state index in [2.05, 4.69) is 67.2 Å². The highest BCUT2D eigenvalue weighted by Gasteiger charge is 2.19. The monoisotopic (exact) mass is 950 g/mol. The fourth-order valence-corrected chi connectivity index (χ4v) is 6.90. The Bertz CT molecular complexity index is 1350. The van der Waals surface area contributed by atoms with Gasteiger partial charge in [-0.15, -0.1) is 0 Å². The molecule has 4 N–H and O–H groups in total. The lowest BCUT2D eigenvalue weighted by Crippen LogP contribution is -2.38. The number of aryl methyl sites for hydroxylation is 1. The van der Waals surface area contributed by atoms with Gasteiger partial charge in [-0.1, -0.05) is 31.9 Å². The molecule has 1 rings (SSSR count). The molecule has 1 aromatic rings. The zero-order valence-electron chi connectivity index (χ0n) is 44.3. The topological polar surface area (TPSA) is 172 Å². The van der Waals surface area contributed by atoms with Crippen molar-refractivity contribution in [2.75, 3.05) is 91.7 Å². The largest absolute Gasteiger partial charge is 0.492 e. The van der Waals surface area contributed by atoms with Gasteiger partial charge in [0.15, 0.2) is 0 Å². The second-order valence-corrected chi connectivity index (χ2v) is 21.3. The third kappa shape index (κ3) is 37.6. The highest BCUT2D eigenvalue weighted by molar-refractivity contribution is 5.68. The third-order valence-electron chi connectivity index (χ3n) is 9.84. The predicted molar refractivity (Wildman–Crippen MR) is 269 cm³/mol. The van der Waals surface area contributed by atoms with Crippen LogP contribution in [0.25, 0.3) is 0 Å². The quantitative estimate of drug-likeness (QED) is 0.0399. The molecule has 16 nitrogen and oxygen atoms in total. The SMILES string of the molecule is CCCCCc1ccc(OCCN(CCCN(CCCNC(=O)OC(C)(C)C)CCCNC(=O)OC(C)(C)C)CCCN(CCCNC(=O)OC(C)(C)C)CCCNC(=O)OC(C)(C)C)cc1. The molecule has 0 saturated heterocycles. The second kappa shape index (κ2) is 32.7. The van der Waals surface area contributed by atoms with E-state index in [0.29, 0.717) is 32.8 Å².